The number of nitrogens with two attached hydrogens (primary N) is 1. The van der Waals surface area contributed by atoms with E-state index in [-0.39, 0.29) is 17.8 Å². The molecule has 1 atom stereocenters. The van der Waals surface area contributed by atoms with Gasteiger partial charge in [-0.05, 0) is 43.4 Å². The van der Waals surface area contributed by atoms with Crippen molar-refractivity contribution < 1.29 is 13.9 Å². The fourth-order valence-corrected chi connectivity index (χ4v) is 3.13. The van der Waals surface area contributed by atoms with Gasteiger partial charge in [-0.15, -0.1) is 0 Å². The van der Waals surface area contributed by atoms with Gasteiger partial charge in [0.15, 0.2) is 0 Å². The smallest absolute Gasteiger partial charge is 0.224 e. The SMILES string of the molecule is CCOCc1ccccc1.NC(CC(=O)N1CCCC1)Cc1ccccc1F. The molecule has 2 N–H and O–H groups in total. The summed E-state index contributed by atoms with van der Waals surface area (Å²) >= 11 is 0. The van der Waals surface area contributed by atoms with Gasteiger partial charge in [0.2, 0.25) is 5.91 Å². The van der Waals surface area contributed by atoms with Gasteiger partial charge in [0.25, 0.3) is 0 Å². The van der Waals surface area contributed by atoms with Gasteiger partial charge < -0.3 is 15.4 Å². The zero-order valence-corrected chi connectivity index (χ0v) is 16.6. The summed E-state index contributed by atoms with van der Waals surface area (Å²) in [6.07, 6.45) is 2.86. The number of carbonyl (C=O) groups is 1. The minimum Gasteiger partial charge on any atom is -0.377 e. The molecule has 1 unspecified atom stereocenters. The minimum atomic E-state index is -0.310. The third-order valence-electron chi connectivity index (χ3n) is 4.65. The number of carbonyl (C=O) groups excluding carboxylic acids is 1. The maximum absolute atomic E-state index is 13.4. The van der Waals surface area contributed by atoms with Gasteiger partial charge in [-0.3, -0.25) is 4.79 Å². The molecule has 28 heavy (non-hydrogen) atoms. The van der Waals surface area contributed by atoms with Crippen molar-refractivity contribution in [3.8, 4) is 0 Å². The summed E-state index contributed by atoms with van der Waals surface area (Å²) in [4.78, 5) is 13.7. The molecular formula is C23H31FN2O2. The highest BCUT2D eigenvalue weighted by Crippen LogP contribution is 2.13. The van der Waals surface area contributed by atoms with E-state index in [2.05, 4.69) is 12.1 Å². The fraction of sp³-hybridized carbons (Fsp3) is 0.435. The van der Waals surface area contributed by atoms with Crippen molar-refractivity contribution >= 4 is 5.91 Å². The molecule has 1 fully saturated rings. The summed E-state index contributed by atoms with van der Waals surface area (Å²) < 4.78 is 18.7. The molecule has 2 aromatic carbocycles. The highest BCUT2D eigenvalue weighted by molar-refractivity contribution is 5.77. The Kier molecular flexibility index (Phi) is 9.66. The summed E-state index contributed by atoms with van der Waals surface area (Å²) in [5, 5.41) is 0. The number of likely N-dealkylation sites (tertiary alicyclic amines) is 1. The van der Waals surface area contributed by atoms with Crippen molar-refractivity contribution in [2.24, 2.45) is 5.73 Å². The van der Waals surface area contributed by atoms with E-state index in [9.17, 15) is 9.18 Å². The van der Waals surface area contributed by atoms with Crippen LogP contribution in [0.3, 0.4) is 0 Å². The Balaban J connectivity index is 0.000000237. The Morgan fingerprint density at radius 1 is 1.11 bits per heavy atom. The lowest BCUT2D eigenvalue weighted by Crippen LogP contribution is -2.35. The molecule has 2 aromatic rings. The summed E-state index contributed by atoms with van der Waals surface area (Å²) in [5.41, 5.74) is 7.75. The Hall–Kier alpha value is -2.24. The predicted molar refractivity (Wildman–Crippen MR) is 110 cm³/mol. The Morgan fingerprint density at radius 2 is 1.75 bits per heavy atom. The van der Waals surface area contributed by atoms with E-state index in [0.29, 0.717) is 18.4 Å². The molecule has 1 amide bonds. The Bertz CT molecular complexity index is 703. The third kappa shape index (κ3) is 7.79. The lowest BCUT2D eigenvalue weighted by atomic mass is 10.0. The van der Waals surface area contributed by atoms with Crippen LogP contribution in [0.2, 0.25) is 0 Å². The summed E-state index contributed by atoms with van der Waals surface area (Å²) in [6.45, 7) is 5.20. The molecule has 1 saturated heterocycles. The van der Waals surface area contributed by atoms with Gasteiger partial charge in [-0.2, -0.15) is 0 Å². The number of hydrogen-bond acceptors (Lipinski definition) is 3. The second kappa shape index (κ2) is 12.3. The first-order valence-corrected chi connectivity index (χ1v) is 9.98. The minimum absolute atomic E-state index is 0.0938. The van der Waals surface area contributed by atoms with Crippen molar-refractivity contribution in [1.29, 1.82) is 0 Å². The molecule has 0 radical (unpaired) electrons. The molecule has 0 aromatic heterocycles. The van der Waals surface area contributed by atoms with Crippen LogP contribution < -0.4 is 5.73 Å². The van der Waals surface area contributed by atoms with Crippen LogP contribution in [-0.4, -0.2) is 36.5 Å². The van der Waals surface area contributed by atoms with E-state index in [1.165, 1.54) is 11.6 Å². The highest BCUT2D eigenvalue weighted by Gasteiger charge is 2.20. The number of benzene rings is 2. The molecule has 1 aliphatic heterocycles. The monoisotopic (exact) mass is 386 g/mol. The number of rotatable bonds is 7. The molecular weight excluding hydrogens is 355 g/mol. The van der Waals surface area contributed by atoms with Gasteiger partial charge in [0.05, 0.1) is 6.61 Å². The van der Waals surface area contributed by atoms with Crippen LogP contribution in [0.25, 0.3) is 0 Å². The summed E-state index contributed by atoms with van der Waals surface area (Å²) in [6, 6.07) is 16.5. The number of ether oxygens (including phenoxy) is 1. The second-order valence-corrected chi connectivity index (χ2v) is 6.97. The zero-order valence-electron chi connectivity index (χ0n) is 16.6. The van der Waals surface area contributed by atoms with Crippen LogP contribution in [-0.2, 0) is 22.6 Å². The van der Waals surface area contributed by atoms with E-state index in [4.69, 9.17) is 10.5 Å². The van der Waals surface area contributed by atoms with Gasteiger partial charge in [0.1, 0.15) is 5.82 Å². The lowest BCUT2D eigenvalue weighted by Gasteiger charge is -2.18. The standard InChI is InChI=1S/C14H19FN2O.C9H12O/c15-13-6-2-1-5-11(13)9-12(16)10-14(18)17-7-3-4-8-17;1-2-10-8-9-6-4-3-5-7-9/h1-2,5-6,12H,3-4,7-10,16H2;3-7H,2,8H2,1H3. The third-order valence-corrected chi connectivity index (χ3v) is 4.65. The van der Waals surface area contributed by atoms with E-state index in [1.54, 1.807) is 18.2 Å². The Labute approximate surface area is 167 Å². The fourth-order valence-electron chi connectivity index (χ4n) is 3.13. The normalized spacial score (nSPS) is 14.3. The van der Waals surface area contributed by atoms with Crippen molar-refractivity contribution in [2.75, 3.05) is 19.7 Å². The molecule has 0 saturated carbocycles. The number of halogens is 1. The van der Waals surface area contributed by atoms with Crippen LogP contribution >= 0.6 is 0 Å². The molecule has 5 heteroatoms. The average molecular weight is 387 g/mol. The Morgan fingerprint density at radius 3 is 2.39 bits per heavy atom. The van der Waals surface area contributed by atoms with E-state index < -0.39 is 0 Å². The van der Waals surface area contributed by atoms with Gasteiger partial charge >= 0.3 is 0 Å². The zero-order chi connectivity index (χ0) is 20.2. The number of amides is 1. The molecule has 1 aliphatic rings. The molecule has 0 spiro atoms. The van der Waals surface area contributed by atoms with Crippen molar-refractivity contribution in [3.05, 3.63) is 71.5 Å². The summed E-state index contributed by atoms with van der Waals surface area (Å²) in [7, 11) is 0. The first-order valence-electron chi connectivity index (χ1n) is 9.98. The van der Waals surface area contributed by atoms with Crippen molar-refractivity contribution in [3.63, 3.8) is 0 Å². The number of nitrogens with zero attached hydrogens (tertiary/aromatic N) is 1. The first-order chi connectivity index (χ1) is 13.6. The molecule has 3 rings (SSSR count). The van der Waals surface area contributed by atoms with Crippen LogP contribution in [0, 0.1) is 5.82 Å². The first kappa shape index (κ1) is 22.1. The van der Waals surface area contributed by atoms with Crippen LogP contribution in [0.1, 0.15) is 37.3 Å². The van der Waals surface area contributed by atoms with Gasteiger partial charge in [-0.25, -0.2) is 4.39 Å². The maximum atomic E-state index is 13.4. The largest absolute Gasteiger partial charge is 0.377 e. The molecule has 0 bridgehead atoms. The molecule has 4 nitrogen and oxygen atoms in total. The predicted octanol–water partition coefficient (Wildman–Crippen LogP) is 3.93. The lowest BCUT2D eigenvalue weighted by molar-refractivity contribution is -0.130. The van der Waals surface area contributed by atoms with Crippen molar-refractivity contribution in [2.45, 2.75) is 45.3 Å². The molecule has 1 heterocycles. The van der Waals surface area contributed by atoms with Crippen molar-refractivity contribution in [1.82, 2.24) is 4.90 Å². The molecule has 152 valence electrons. The van der Waals surface area contributed by atoms with Crippen LogP contribution in [0.15, 0.2) is 54.6 Å². The van der Waals surface area contributed by atoms with Crippen LogP contribution in [0.4, 0.5) is 4.39 Å². The topological polar surface area (TPSA) is 55.6 Å². The van der Waals surface area contributed by atoms with Crippen LogP contribution in [0.5, 0.6) is 0 Å². The quantitative estimate of drug-likeness (QED) is 0.784. The van der Waals surface area contributed by atoms with Gasteiger partial charge in [0, 0.05) is 32.2 Å². The second-order valence-electron chi connectivity index (χ2n) is 6.97. The van der Waals surface area contributed by atoms with Gasteiger partial charge in [-0.1, -0.05) is 48.5 Å². The maximum Gasteiger partial charge on any atom is 0.224 e. The van der Waals surface area contributed by atoms with E-state index in [1.807, 2.05) is 30.0 Å². The number of hydrogen-bond donors (Lipinski definition) is 1. The molecule has 0 aliphatic carbocycles. The van der Waals surface area contributed by atoms with E-state index >= 15 is 0 Å². The van der Waals surface area contributed by atoms with E-state index in [0.717, 1.165) is 39.1 Å². The highest BCUT2D eigenvalue weighted by atomic mass is 19.1. The summed E-state index contributed by atoms with van der Waals surface area (Å²) in [5.74, 6) is -0.155. The average Bonchev–Trinajstić information content (AvgIpc) is 3.24.